The first-order valence-electron chi connectivity index (χ1n) is 7.43. The van der Waals surface area contributed by atoms with Gasteiger partial charge in [-0.15, -0.1) is 0 Å². The van der Waals surface area contributed by atoms with E-state index in [0.717, 1.165) is 37.0 Å². The first-order chi connectivity index (χ1) is 10.2. The Bertz CT molecular complexity index is 605. The molecule has 1 aromatic heterocycles. The molecule has 4 nitrogen and oxygen atoms in total. The van der Waals surface area contributed by atoms with Crippen molar-refractivity contribution in [3.05, 3.63) is 35.0 Å². The number of hydrogen-bond acceptors (Lipinski definition) is 2. The molecule has 0 atom stereocenters. The normalized spacial score (nSPS) is 11.2. The first-order valence-corrected chi connectivity index (χ1v) is 7.81. The van der Waals surface area contributed by atoms with Gasteiger partial charge in [0.15, 0.2) is 0 Å². The second-order valence-electron chi connectivity index (χ2n) is 5.02. The monoisotopic (exact) mass is 307 g/mol. The predicted octanol–water partition coefficient (Wildman–Crippen LogP) is 3.28. The van der Waals surface area contributed by atoms with E-state index in [1.165, 1.54) is 0 Å². The number of aromatic nitrogens is 1. The number of nitrogens with one attached hydrogen (secondary N) is 2. The van der Waals surface area contributed by atoms with Crippen LogP contribution in [-0.2, 0) is 0 Å². The van der Waals surface area contributed by atoms with Crippen LogP contribution in [0.1, 0.15) is 30.8 Å². The number of H-pyrrole nitrogens is 1. The number of aromatic amines is 1. The van der Waals surface area contributed by atoms with Gasteiger partial charge in [0.05, 0.1) is 10.5 Å². The smallest absolute Gasteiger partial charge is 0.267 e. The van der Waals surface area contributed by atoms with Crippen molar-refractivity contribution in [2.24, 2.45) is 0 Å². The third-order valence-electron chi connectivity index (χ3n) is 3.68. The summed E-state index contributed by atoms with van der Waals surface area (Å²) in [7, 11) is 0. The zero-order valence-corrected chi connectivity index (χ0v) is 13.3. The van der Waals surface area contributed by atoms with E-state index in [9.17, 15) is 4.79 Å². The maximum Gasteiger partial charge on any atom is 0.267 e. The Morgan fingerprint density at radius 1 is 1.33 bits per heavy atom. The average Bonchev–Trinajstić information content (AvgIpc) is 2.93. The number of para-hydroxylation sites is 1. The van der Waals surface area contributed by atoms with Crippen molar-refractivity contribution in [1.82, 2.24) is 15.2 Å². The summed E-state index contributed by atoms with van der Waals surface area (Å²) in [5, 5.41) is 4.53. The van der Waals surface area contributed by atoms with Gasteiger partial charge in [-0.05, 0) is 38.2 Å². The SMILES string of the molecule is CCN(CC)CCCNC(=O)c1cc2cccc(Cl)c2[nH]1. The zero-order valence-electron chi connectivity index (χ0n) is 12.6. The van der Waals surface area contributed by atoms with Crippen molar-refractivity contribution in [3.63, 3.8) is 0 Å². The molecule has 2 N–H and O–H groups in total. The quantitative estimate of drug-likeness (QED) is 0.771. The highest BCUT2D eigenvalue weighted by Gasteiger charge is 2.10. The van der Waals surface area contributed by atoms with Gasteiger partial charge < -0.3 is 15.2 Å². The minimum atomic E-state index is -0.0817. The Balaban J connectivity index is 1.89. The number of fused-ring (bicyclic) bond motifs is 1. The standard InChI is InChI=1S/C16H22ClN3O/c1-3-20(4-2)10-6-9-18-16(21)14-11-12-7-5-8-13(17)15(12)19-14/h5,7-8,11,19H,3-4,6,9-10H2,1-2H3,(H,18,21). The summed E-state index contributed by atoms with van der Waals surface area (Å²) in [6, 6.07) is 7.46. The first kappa shape index (κ1) is 15.9. The number of benzene rings is 1. The second-order valence-corrected chi connectivity index (χ2v) is 5.43. The lowest BCUT2D eigenvalue weighted by molar-refractivity contribution is 0.0947. The topological polar surface area (TPSA) is 48.1 Å². The summed E-state index contributed by atoms with van der Waals surface area (Å²) in [6.07, 6.45) is 0.953. The van der Waals surface area contributed by atoms with Gasteiger partial charge in [0.1, 0.15) is 5.69 Å². The fourth-order valence-electron chi connectivity index (χ4n) is 2.38. The molecule has 2 aromatic rings. The Labute approximate surface area is 130 Å². The van der Waals surface area contributed by atoms with E-state index in [-0.39, 0.29) is 5.91 Å². The largest absolute Gasteiger partial charge is 0.351 e. The summed E-state index contributed by atoms with van der Waals surface area (Å²) in [4.78, 5) is 17.5. The molecule has 0 aliphatic rings. The number of nitrogens with zero attached hydrogens (tertiary/aromatic N) is 1. The van der Waals surface area contributed by atoms with Crippen LogP contribution in [0.2, 0.25) is 5.02 Å². The van der Waals surface area contributed by atoms with Gasteiger partial charge in [-0.1, -0.05) is 37.6 Å². The number of rotatable bonds is 7. The minimum absolute atomic E-state index is 0.0817. The maximum absolute atomic E-state index is 12.1. The Kier molecular flexibility index (Phi) is 5.65. The van der Waals surface area contributed by atoms with E-state index in [0.29, 0.717) is 17.3 Å². The number of hydrogen-bond donors (Lipinski definition) is 2. The Morgan fingerprint density at radius 3 is 2.76 bits per heavy atom. The summed E-state index contributed by atoms with van der Waals surface area (Å²) < 4.78 is 0. The molecular weight excluding hydrogens is 286 g/mol. The lowest BCUT2D eigenvalue weighted by atomic mass is 10.2. The van der Waals surface area contributed by atoms with Crippen LogP contribution in [0, 0.1) is 0 Å². The maximum atomic E-state index is 12.1. The molecule has 1 amide bonds. The van der Waals surface area contributed by atoms with Crippen LogP contribution in [0.25, 0.3) is 10.9 Å². The molecule has 0 bridgehead atoms. The molecule has 5 heteroatoms. The van der Waals surface area contributed by atoms with Crippen LogP contribution in [0.15, 0.2) is 24.3 Å². The average molecular weight is 308 g/mol. The summed E-state index contributed by atoms with van der Waals surface area (Å²) in [5.41, 5.74) is 1.37. The number of amides is 1. The molecule has 0 spiro atoms. The highest BCUT2D eigenvalue weighted by Crippen LogP contribution is 2.23. The van der Waals surface area contributed by atoms with Crippen molar-refractivity contribution in [3.8, 4) is 0 Å². The molecule has 0 unspecified atom stereocenters. The molecule has 21 heavy (non-hydrogen) atoms. The summed E-state index contributed by atoms with van der Waals surface area (Å²) in [6.45, 7) is 8.08. The molecule has 114 valence electrons. The third kappa shape index (κ3) is 3.99. The van der Waals surface area contributed by atoms with Crippen molar-refractivity contribution < 1.29 is 4.79 Å². The van der Waals surface area contributed by atoms with E-state index in [1.807, 2.05) is 24.3 Å². The Morgan fingerprint density at radius 2 is 2.10 bits per heavy atom. The molecule has 0 saturated heterocycles. The zero-order chi connectivity index (χ0) is 15.2. The number of carbonyl (C=O) groups is 1. The molecule has 0 aliphatic carbocycles. The highest BCUT2D eigenvalue weighted by molar-refractivity contribution is 6.35. The molecule has 0 saturated carbocycles. The Hall–Kier alpha value is -1.52. The van der Waals surface area contributed by atoms with Crippen LogP contribution in [-0.4, -0.2) is 42.0 Å². The molecule has 0 radical (unpaired) electrons. The predicted molar refractivity (Wildman–Crippen MR) is 88.0 cm³/mol. The van der Waals surface area contributed by atoms with Gasteiger partial charge in [-0.2, -0.15) is 0 Å². The lowest BCUT2D eigenvalue weighted by Crippen LogP contribution is -2.30. The molecule has 1 heterocycles. The minimum Gasteiger partial charge on any atom is -0.351 e. The van der Waals surface area contributed by atoms with E-state index >= 15 is 0 Å². The van der Waals surface area contributed by atoms with Crippen molar-refractivity contribution in [2.75, 3.05) is 26.2 Å². The lowest BCUT2D eigenvalue weighted by Gasteiger charge is -2.17. The molecule has 2 rings (SSSR count). The fourth-order valence-corrected chi connectivity index (χ4v) is 2.61. The molecule has 0 aliphatic heterocycles. The third-order valence-corrected chi connectivity index (χ3v) is 4.00. The van der Waals surface area contributed by atoms with E-state index in [4.69, 9.17) is 11.6 Å². The number of halogens is 1. The molecule has 0 fully saturated rings. The van der Waals surface area contributed by atoms with Crippen molar-refractivity contribution in [1.29, 1.82) is 0 Å². The van der Waals surface area contributed by atoms with Gasteiger partial charge in [0, 0.05) is 11.9 Å². The van der Waals surface area contributed by atoms with Crippen molar-refractivity contribution >= 4 is 28.4 Å². The van der Waals surface area contributed by atoms with Gasteiger partial charge in [0.2, 0.25) is 0 Å². The number of carbonyl (C=O) groups excluding carboxylic acids is 1. The van der Waals surface area contributed by atoms with Crippen LogP contribution < -0.4 is 5.32 Å². The van der Waals surface area contributed by atoms with Gasteiger partial charge in [0.25, 0.3) is 5.91 Å². The second kappa shape index (κ2) is 7.48. The van der Waals surface area contributed by atoms with E-state index in [2.05, 4.69) is 29.0 Å². The summed E-state index contributed by atoms with van der Waals surface area (Å²) in [5.74, 6) is -0.0817. The van der Waals surface area contributed by atoms with E-state index < -0.39 is 0 Å². The fraction of sp³-hybridized carbons (Fsp3) is 0.438. The van der Waals surface area contributed by atoms with Crippen molar-refractivity contribution in [2.45, 2.75) is 20.3 Å². The van der Waals surface area contributed by atoms with Gasteiger partial charge in [-0.25, -0.2) is 0 Å². The van der Waals surface area contributed by atoms with Crippen LogP contribution in [0.5, 0.6) is 0 Å². The van der Waals surface area contributed by atoms with E-state index in [1.54, 1.807) is 0 Å². The van der Waals surface area contributed by atoms with Crippen LogP contribution in [0.3, 0.4) is 0 Å². The molecule has 1 aromatic carbocycles. The highest BCUT2D eigenvalue weighted by atomic mass is 35.5. The summed E-state index contributed by atoms with van der Waals surface area (Å²) >= 11 is 6.10. The van der Waals surface area contributed by atoms with Gasteiger partial charge in [-0.3, -0.25) is 4.79 Å². The van der Waals surface area contributed by atoms with Crippen LogP contribution in [0.4, 0.5) is 0 Å². The molecular formula is C16H22ClN3O. The van der Waals surface area contributed by atoms with Gasteiger partial charge >= 0.3 is 0 Å². The van der Waals surface area contributed by atoms with Crippen LogP contribution >= 0.6 is 11.6 Å².